The molecule has 0 heterocycles. The third-order valence-electron chi connectivity index (χ3n) is 1.69. The van der Waals surface area contributed by atoms with Gasteiger partial charge < -0.3 is 0 Å². The molecule has 0 spiro atoms. The molecule has 0 aromatic rings. The highest BCUT2D eigenvalue weighted by Gasteiger charge is 2.08. The van der Waals surface area contributed by atoms with Crippen molar-refractivity contribution in [3.63, 3.8) is 0 Å². The highest BCUT2D eigenvalue weighted by Crippen LogP contribution is 2.21. The summed E-state index contributed by atoms with van der Waals surface area (Å²) in [5.41, 5.74) is 0.186. The molecule has 0 N–H and O–H groups in total. The molecule has 0 aliphatic heterocycles. The van der Waals surface area contributed by atoms with Crippen LogP contribution in [0.1, 0.15) is 47.0 Å². The van der Waals surface area contributed by atoms with Gasteiger partial charge in [-0.2, -0.15) is 0 Å². The van der Waals surface area contributed by atoms with Gasteiger partial charge in [-0.1, -0.05) is 23.9 Å². The SMILES string of the molecule is CC(C)(C)C#CCCCC(C)([SiH3])[SiH3]. The maximum absolute atomic E-state index is 3.28. The lowest BCUT2D eigenvalue weighted by atomic mass is 9.98. The van der Waals surface area contributed by atoms with Crippen LogP contribution in [0.25, 0.3) is 0 Å². The second-order valence-electron chi connectivity index (χ2n) is 5.97. The molecule has 0 aliphatic carbocycles. The van der Waals surface area contributed by atoms with Gasteiger partial charge in [0.2, 0.25) is 0 Å². The van der Waals surface area contributed by atoms with Crippen LogP contribution < -0.4 is 0 Å². The molecule has 0 radical (unpaired) electrons. The van der Waals surface area contributed by atoms with Crippen LogP contribution in [-0.4, -0.2) is 20.5 Å². The lowest BCUT2D eigenvalue weighted by molar-refractivity contribution is 0.569. The van der Waals surface area contributed by atoms with E-state index in [0.717, 1.165) is 11.1 Å². The molecule has 2 heteroatoms. The molecule has 0 bridgehead atoms. The maximum atomic E-state index is 3.28. The van der Waals surface area contributed by atoms with Gasteiger partial charge in [0.15, 0.2) is 0 Å². The third-order valence-corrected chi connectivity index (χ3v) is 2.69. The van der Waals surface area contributed by atoms with Gasteiger partial charge in [0.05, 0.1) is 0 Å². The van der Waals surface area contributed by atoms with Crippen molar-refractivity contribution < 1.29 is 0 Å². The highest BCUT2D eigenvalue weighted by molar-refractivity contribution is 6.39. The molecule has 0 aromatic heterocycles. The third kappa shape index (κ3) is 12.0. The summed E-state index contributed by atoms with van der Waals surface area (Å²) in [6.45, 7) is 8.92. The standard InChI is InChI=1S/C11H24Si2/c1-10(2,3)8-6-5-7-9-11(4,12)13/h5,7,9H2,1-4,12-13H3. The summed E-state index contributed by atoms with van der Waals surface area (Å²) < 4.78 is 0.739. The summed E-state index contributed by atoms with van der Waals surface area (Å²) in [4.78, 5) is 0. The second kappa shape index (κ2) is 5.02. The Labute approximate surface area is 89.7 Å². The van der Waals surface area contributed by atoms with Crippen LogP contribution in [0.5, 0.6) is 0 Å². The van der Waals surface area contributed by atoms with Crippen molar-refractivity contribution in [1.29, 1.82) is 0 Å². The molecule has 0 aliphatic rings. The summed E-state index contributed by atoms with van der Waals surface area (Å²) >= 11 is 0. The Morgan fingerprint density at radius 2 is 1.62 bits per heavy atom. The molecule has 76 valence electrons. The highest BCUT2D eigenvalue weighted by atomic mass is 28.2. The van der Waals surface area contributed by atoms with Gasteiger partial charge in [0.1, 0.15) is 0 Å². The fourth-order valence-corrected chi connectivity index (χ4v) is 1.74. The summed E-state index contributed by atoms with van der Waals surface area (Å²) in [6.07, 6.45) is 3.79. The van der Waals surface area contributed by atoms with Crippen molar-refractivity contribution in [2.24, 2.45) is 5.41 Å². The van der Waals surface area contributed by atoms with Crippen LogP contribution in [0, 0.1) is 17.3 Å². The lowest BCUT2D eigenvalue weighted by Gasteiger charge is -2.16. The summed E-state index contributed by atoms with van der Waals surface area (Å²) in [5, 5.41) is 0. The van der Waals surface area contributed by atoms with Crippen LogP contribution >= 0.6 is 0 Å². The van der Waals surface area contributed by atoms with E-state index >= 15 is 0 Å². The van der Waals surface area contributed by atoms with E-state index < -0.39 is 0 Å². The average Bonchev–Trinajstić information content (AvgIpc) is 1.81. The number of unbranched alkanes of at least 4 members (excludes halogenated alkanes) is 1. The van der Waals surface area contributed by atoms with E-state index in [1.807, 2.05) is 0 Å². The predicted molar refractivity (Wildman–Crippen MR) is 69.3 cm³/mol. The van der Waals surface area contributed by atoms with Gasteiger partial charge in [-0.25, -0.2) is 0 Å². The summed E-state index contributed by atoms with van der Waals surface area (Å²) in [5.74, 6) is 6.56. The van der Waals surface area contributed by atoms with Crippen molar-refractivity contribution in [3.05, 3.63) is 0 Å². The van der Waals surface area contributed by atoms with Gasteiger partial charge in [0, 0.05) is 32.3 Å². The Balaban J connectivity index is 3.62. The fourth-order valence-electron chi connectivity index (χ4n) is 1.03. The first-order chi connectivity index (χ1) is 5.71. The molecule has 0 saturated carbocycles. The molecule has 13 heavy (non-hydrogen) atoms. The van der Waals surface area contributed by atoms with Crippen molar-refractivity contribution in [3.8, 4) is 11.8 Å². The van der Waals surface area contributed by atoms with E-state index in [1.165, 1.54) is 33.3 Å². The van der Waals surface area contributed by atoms with Crippen LogP contribution in [-0.2, 0) is 0 Å². The largest absolute Gasteiger partial charge is 0.103 e. The molecule has 0 aromatic carbocycles. The van der Waals surface area contributed by atoms with E-state index in [0.29, 0.717) is 0 Å². The van der Waals surface area contributed by atoms with Crippen LogP contribution in [0.3, 0.4) is 0 Å². The minimum Gasteiger partial charge on any atom is -0.103 e. The molecular weight excluding hydrogens is 188 g/mol. The Hall–Kier alpha value is -0.00623. The van der Waals surface area contributed by atoms with Crippen molar-refractivity contribution in [2.75, 3.05) is 0 Å². The van der Waals surface area contributed by atoms with E-state index in [4.69, 9.17) is 0 Å². The zero-order valence-corrected chi connectivity index (χ0v) is 14.1. The monoisotopic (exact) mass is 212 g/mol. The average molecular weight is 212 g/mol. The summed E-state index contributed by atoms with van der Waals surface area (Å²) in [6, 6.07) is 0. The molecule has 0 amide bonds. The molecule has 0 atom stereocenters. The van der Waals surface area contributed by atoms with Gasteiger partial charge in [-0.3, -0.25) is 0 Å². The number of rotatable bonds is 3. The van der Waals surface area contributed by atoms with E-state index in [9.17, 15) is 0 Å². The van der Waals surface area contributed by atoms with E-state index in [-0.39, 0.29) is 5.41 Å². The number of hydrogen-bond donors (Lipinski definition) is 0. The molecule has 0 rings (SSSR count). The summed E-state index contributed by atoms with van der Waals surface area (Å²) in [7, 11) is 2.70. The van der Waals surface area contributed by atoms with Crippen molar-refractivity contribution in [2.45, 2.75) is 51.6 Å². The van der Waals surface area contributed by atoms with Crippen molar-refractivity contribution >= 4 is 20.5 Å². The van der Waals surface area contributed by atoms with E-state index in [2.05, 4.69) is 39.5 Å². The Kier molecular flexibility index (Phi) is 5.02. The normalized spacial score (nSPS) is 16.3. The molecule has 0 unspecified atom stereocenters. The van der Waals surface area contributed by atoms with Gasteiger partial charge in [-0.15, -0.1) is 5.92 Å². The quantitative estimate of drug-likeness (QED) is 0.373. The minimum absolute atomic E-state index is 0.186. The lowest BCUT2D eigenvalue weighted by Crippen LogP contribution is -2.06. The predicted octanol–water partition coefficient (Wildman–Crippen LogP) is 1.07. The van der Waals surface area contributed by atoms with Gasteiger partial charge >= 0.3 is 0 Å². The first-order valence-corrected chi connectivity index (χ1v) is 7.21. The second-order valence-corrected chi connectivity index (χ2v) is 13.4. The first kappa shape index (κ1) is 13.0. The fraction of sp³-hybridized carbons (Fsp3) is 0.818. The first-order valence-electron chi connectivity index (χ1n) is 5.21. The smallest absolute Gasteiger partial charge is 0.0230 e. The van der Waals surface area contributed by atoms with Gasteiger partial charge in [-0.05, 0) is 27.2 Å². The van der Waals surface area contributed by atoms with E-state index in [1.54, 1.807) is 0 Å². The van der Waals surface area contributed by atoms with Crippen LogP contribution in [0.15, 0.2) is 0 Å². The minimum atomic E-state index is 0.186. The Morgan fingerprint density at radius 3 is 2.00 bits per heavy atom. The van der Waals surface area contributed by atoms with Crippen molar-refractivity contribution in [1.82, 2.24) is 0 Å². The molecule has 0 nitrogen and oxygen atoms in total. The van der Waals surface area contributed by atoms with Gasteiger partial charge in [0.25, 0.3) is 0 Å². The number of hydrogen-bond acceptors (Lipinski definition) is 0. The Morgan fingerprint density at radius 1 is 1.08 bits per heavy atom. The molecular formula is C11H24Si2. The molecule has 0 saturated heterocycles. The zero-order chi connectivity index (χ0) is 10.5. The Bertz CT molecular complexity index is 195. The topological polar surface area (TPSA) is 0 Å². The van der Waals surface area contributed by atoms with Crippen LogP contribution in [0.2, 0.25) is 4.66 Å². The zero-order valence-electron chi connectivity index (χ0n) is 10.1. The maximum Gasteiger partial charge on any atom is 0.0230 e. The van der Waals surface area contributed by atoms with Crippen LogP contribution in [0.4, 0.5) is 0 Å². The molecule has 0 fully saturated rings.